The highest BCUT2D eigenvalue weighted by atomic mass is 19.1. The Balaban J connectivity index is 1.77. The second-order valence-corrected chi connectivity index (χ2v) is 8.88. The zero-order chi connectivity index (χ0) is 19.8. The molecule has 1 unspecified atom stereocenters. The van der Waals surface area contributed by atoms with E-state index in [0.29, 0.717) is 12.8 Å². The maximum absolute atomic E-state index is 16.7. The number of Topliss-reactive ketones (excluding diaryl/α,β-unsaturated/α-hetero) is 1. The van der Waals surface area contributed by atoms with Crippen LogP contribution in [-0.4, -0.2) is 62.3 Å². The molecular weight excluding hydrogens is 353 g/mol. The lowest BCUT2D eigenvalue weighted by molar-refractivity contribution is -0.192. The molecule has 0 aromatic carbocycles. The SMILES string of the molecule is C[C@]12C=CC(O)C=C1CC[C@H]1[C@@H]3C[C@@H](O)[C@](O)(C(=O)CN)[C@H]3C[C@H](O)[C@@]12F. The second kappa shape index (κ2) is 5.94. The van der Waals surface area contributed by atoms with Crippen LogP contribution in [0.2, 0.25) is 0 Å². The zero-order valence-corrected chi connectivity index (χ0v) is 15.4. The lowest BCUT2D eigenvalue weighted by Crippen LogP contribution is -2.66. The summed E-state index contributed by atoms with van der Waals surface area (Å²) in [6.45, 7) is 1.32. The average molecular weight is 381 g/mol. The molecular formula is C20H28FNO5. The number of aliphatic hydroxyl groups excluding tert-OH is 3. The fraction of sp³-hybridized carbons (Fsp3) is 0.750. The molecule has 0 saturated heterocycles. The first-order valence-electron chi connectivity index (χ1n) is 9.70. The van der Waals surface area contributed by atoms with E-state index in [1.807, 2.05) is 0 Å². The Morgan fingerprint density at radius 3 is 2.63 bits per heavy atom. The van der Waals surface area contributed by atoms with Gasteiger partial charge >= 0.3 is 0 Å². The molecule has 6 nitrogen and oxygen atoms in total. The van der Waals surface area contributed by atoms with Gasteiger partial charge in [0, 0.05) is 17.3 Å². The third kappa shape index (κ3) is 2.20. The standard InChI is InChI=1S/C20H28FNO5/c1-18-5-4-11(23)6-10(18)2-3-13-12-7-15(24)19(27,17(26)9-22)14(12)8-16(25)20(13,18)21/h4-6,11-16,23-25,27H,2-3,7-9,22H2,1H3/t11?,12-,13-,14-,15+,16-,18-,19-,20-/m0/s1. The van der Waals surface area contributed by atoms with E-state index in [4.69, 9.17) is 5.73 Å². The zero-order valence-electron chi connectivity index (χ0n) is 15.4. The van der Waals surface area contributed by atoms with Gasteiger partial charge < -0.3 is 26.2 Å². The van der Waals surface area contributed by atoms with Gasteiger partial charge in [0.25, 0.3) is 0 Å². The minimum absolute atomic E-state index is 0.109. The van der Waals surface area contributed by atoms with E-state index in [0.717, 1.165) is 5.57 Å². The number of carbonyl (C=O) groups is 1. The van der Waals surface area contributed by atoms with Crippen LogP contribution in [-0.2, 0) is 4.79 Å². The summed E-state index contributed by atoms with van der Waals surface area (Å²) in [4.78, 5) is 12.3. The van der Waals surface area contributed by atoms with Crippen LogP contribution in [0.4, 0.5) is 4.39 Å². The molecule has 0 heterocycles. The summed E-state index contributed by atoms with van der Waals surface area (Å²) in [6.07, 6.45) is 2.32. The predicted octanol–water partition coefficient (Wildman–Crippen LogP) is -0.0114. The molecule has 4 aliphatic carbocycles. The van der Waals surface area contributed by atoms with Crippen molar-refractivity contribution in [1.82, 2.24) is 0 Å². The number of fused-ring (bicyclic) bond motifs is 5. The summed E-state index contributed by atoms with van der Waals surface area (Å²) in [7, 11) is 0. The van der Waals surface area contributed by atoms with Gasteiger partial charge in [0.1, 0.15) is 0 Å². The van der Waals surface area contributed by atoms with Crippen molar-refractivity contribution in [2.75, 3.05) is 6.54 Å². The number of ketones is 1. The summed E-state index contributed by atoms with van der Waals surface area (Å²) in [5, 5.41) is 42.3. The van der Waals surface area contributed by atoms with Gasteiger partial charge in [-0.2, -0.15) is 0 Å². The quantitative estimate of drug-likeness (QED) is 0.429. The van der Waals surface area contributed by atoms with Crippen molar-refractivity contribution in [2.45, 2.75) is 62.2 Å². The molecule has 0 radical (unpaired) electrons. The van der Waals surface area contributed by atoms with Crippen molar-refractivity contribution < 1.29 is 29.6 Å². The Hall–Kier alpha value is -1.12. The summed E-state index contributed by atoms with van der Waals surface area (Å²) in [5.41, 5.74) is 1.11. The lowest BCUT2D eigenvalue weighted by atomic mass is 9.48. The van der Waals surface area contributed by atoms with Gasteiger partial charge in [-0.15, -0.1) is 0 Å². The van der Waals surface area contributed by atoms with Crippen molar-refractivity contribution in [2.24, 2.45) is 28.9 Å². The van der Waals surface area contributed by atoms with Gasteiger partial charge in [-0.05, 0) is 38.5 Å². The van der Waals surface area contributed by atoms with E-state index >= 15 is 4.39 Å². The fourth-order valence-electron chi connectivity index (χ4n) is 6.52. The number of rotatable bonds is 2. The summed E-state index contributed by atoms with van der Waals surface area (Å²) in [6, 6.07) is 0. The smallest absolute Gasteiger partial charge is 0.180 e. The van der Waals surface area contributed by atoms with Crippen molar-refractivity contribution in [3.8, 4) is 0 Å². The summed E-state index contributed by atoms with van der Waals surface area (Å²) in [5.74, 6) is -2.42. The van der Waals surface area contributed by atoms with Crippen LogP contribution in [0.15, 0.2) is 23.8 Å². The van der Waals surface area contributed by atoms with Gasteiger partial charge in [0.15, 0.2) is 17.1 Å². The Kier molecular flexibility index (Phi) is 4.22. The van der Waals surface area contributed by atoms with E-state index in [9.17, 15) is 25.2 Å². The Morgan fingerprint density at radius 2 is 1.96 bits per heavy atom. The van der Waals surface area contributed by atoms with Crippen molar-refractivity contribution >= 4 is 5.78 Å². The highest BCUT2D eigenvalue weighted by molar-refractivity contribution is 5.90. The molecule has 27 heavy (non-hydrogen) atoms. The number of aliphatic hydroxyl groups is 4. The van der Waals surface area contributed by atoms with E-state index in [2.05, 4.69) is 0 Å². The Bertz CT molecular complexity index is 725. The number of alkyl halides is 1. The van der Waals surface area contributed by atoms with Crippen LogP contribution < -0.4 is 5.73 Å². The van der Waals surface area contributed by atoms with Crippen LogP contribution in [0.1, 0.15) is 32.6 Å². The molecule has 0 amide bonds. The molecule has 3 saturated carbocycles. The van der Waals surface area contributed by atoms with Gasteiger partial charge in [-0.1, -0.05) is 23.8 Å². The highest BCUT2D eigenvalue weighted by Gasteiger charge is 2.71. The van der Waals surface area contributed by atoms with Gasteiger partial charge in [-0.3, -0.25) is 4.79 Å². The Labute approximate surface area is 157 Å². The first-order valence-corrected chi connectivity index (χ1v) is 9.70. The fourth-order valence-corrected chi connectivity index (χ4v) is 6.52. The first kappa shape index (κ1) is 19.2. The maximum Gasteiger partial charge on any atom is 0.180 e. The topological polar surface area (TPSA) is 124 Å². The highest BCUT2D eigenvalue weighted by Crippen LogP contribution is 2.65. The van der Waals surface area contributed by atoms with Crippen molar-refractivity contribution in [1.29, 1.82) is 0 Å². The van der Waals surface area contributed by atoms with Gasteiger partial charge in [-0.25, -0.2) is 4.39 Å². The van der Waals surface area contributed by atoms with Crippen LogP contribution in [0.25, 0.3) is 0 Å². The molecule has 3 fully saturated rings. The lowest BCUT2D eigenvalue weighted by Gasteiger charge is -2.59. The largest absolute Gasteiger partial charge is 0.390 e. The molecule has 9 atom stereocenters. The predicted molar refractivity (Wildman–Crippen MR) is 95.1 cm³/mol. The second-order valence-electron chi connectivity index (χ2n) is 8.88. The number of allylic oxidation sites excluding steroid dienone is 2. The van der Waals surface area contributed by atoms with Gasteiger partial charge in [0.05, 0.1) is 24.9 Å². The van der Waals surface area contributed by atoms with Gasteiger partial charge in [0.2, 0.25) is 0 Å². The summed E-state index contributed by atoms with van der Waals surface area (Å²) < 4.78 is 16.7. The van der Waals surface area contributed by atoms with E-state index < -0.39 is 65.1 Å². The third-order valence-electron chi connectivity index (χ3n) is 7.92. The minimum Gasteiger partial charge on any atom is -0.390 e. The van der Waals surface area contributed by atoms with Crippen LogP contribution in [0.3, 0.4) is 0 Å². The number of carbonyl (C=O) groups excluding carboxylic acids is 1. The van der Waals surface area contributed by atoms with E-state index in [-0.39, 0.29) is 12.8 Å². The third-order valence-corrected chi connectivity index (χ3v) is 7.92. The van der Waals surface area contributed by atoms with Crippen LogP contribution in [0, 0.1) is 23.2 Å². The molecule has 6 N–H and O–H groups in total. The van der Waals surface area contributed by atoms with Crippen LogP contribution in [0.5, 0.6) is 0 Å². The number of halogens is 1. The first-order chi connectivity index (χ1) is 12.6. The van der Waals surface area contributed by atoms with Crippen molar-refractivity contribution in [3.63, 3.8) is 0 Å². The van der Waals surface area contributed by atoms with Crippen molar-refractivity contribution in [3.05, 3.63) is 23.8 Å². The average Bonchev–Trinajstić information content (AvgIpc) is 2.88. The van der Waals surface area contributed by atoms with E-state index in [1.165, 1.54) is 6.08 Å². The maximum atomic E-state index is 16.7. The molecule has 0 bridgehead atoms. The normalized spacial score (nSPS) is 54.0. The number of hydrogen-bond acceptors (Lipinski definition) is 6. The summed E-state index contributed by atoms with van der Waals surface area (Å²) >= 11 is 0. The van der Waals surface area contributed by atoms with E-state index in [1.54, 1.807) is 19.1 Å². The molecule has 4 aliphatic rings. The monoisotopic (exact) mass is 381 g/mol. The molecule has 0 spiro atoms. The Morgan fingerprint density at radius 1 is 1.26 bits per heavy atom. The molecule has 0 aliphatic heterocycles. The molecule has 150 valence electrons. The number of nitrogens with two attached hydrogens (primary N) is 1. The molecule has 7 heteroatoms. The minimum atomic E-state index is -2.03. The molecule has 0 aromatic heterocycles. The molecule has 0 aromatic rings. The molecule has 4 rings (SSSR count). The van der Waals surface area contributed by atoms with Crippen LogP contribution >= 0.6 is 0 Å². The number of hydrogen-bond donors (Lipinski definition) is 5.